The SMILES string of the molecule is C.COC(=O)c1cc([N+](=O)[O-])c(C(=O)C[C@H]2C([N+](=O)[O-])[C@H](c3cccc(Cl)c3F)[C@]3(C(=O)Nc4cc(Cl)ccc43)N2CC2CC2)cc1C. The number of amides is 1. The maximum absolute atomic E-state index is 16.0. The summed E-state index contributed by atoms with van der Waals surface area (Å²) in [6.45, 7) is 1.62. The number of esters is 1. The molecule has 1 spiro atoms. The molecular formula is C33H31Cl2FN4O8. The second-order valence-corrected chi connectivity index (χ2v) is 12.9. The minimum Gasteiger partial charge on any atom is -0.465 e. The third kappa shape index (κ3) is 5.49. The number of ether oxygens (including phenoxy) is 1. The maximum atomic E-state index is 16.0. The summed E-state index contributed by atoms with van der Waals surface area (Å²) in [6, 6.07) is 7.69. The van der Waals surface area contributed by atoms with Crippen molar-refractivity contribution >= 4 is 52.2 Å². The summed E-state index contributed by atoms with van der Waals surface area (Å²) < 4.78 is 20.7. The van der Waals surface area contributed by atoms with Gasteiger partial charge in [-0.1, -0.05) is 48.8 Å². The molecule has 3 aliphatic rings. The van der Waals surface area contributed by atoms with Gasteiger partial charge in [0.05, 0.1) is 40.1 Å². The fraction of sp³-hybridized carbons (Fsp3) is 0.364. The number of hydrogen-bond donors (Lipinski definition) is 1. The topological polar surface area (TPSA) is 162 Å². The standard InChI is InChI=1S/C32H27Cl2FN4O8.CH4/c1-15-10-20(24(38(43)44)12-19(15)30(41)47-2)26(40)13-25-29(39(45)46)27(18-4-3-5-22(34)28(18)35)32(37(25)14-16-6-7-16)21-9-8-17(33)11-23(21)36-31(32)42;/h3-5,8-12,16,25,27,29H,6-7,13-14H2,1-2H3,(H,36,42);1H4/t25-,27-,29?,32+;/m0./s1. The van der Waals surface area contributed by atoms with E-state index < -0.39 is 69.0 Å². The van der Waals surface area contributed by atoms with E-state index in [-0.39, 0.29) is 57.9 Å². The van der Waals surface area contributed by atoms with Gasteiger partial charge in [-0.3, -0.25) is 34.7 Å². The second kappa shape index (κ2) is 12.9. The summed E-state index contributed by atoms with van der Waals surface area (Å²) in [6.07, 6.45) is 0.898. The van der Waals surface area contributed by atoms with Crippen LogP contribution in [0.15, 0.2) is 48.5 Å². The van der Waals surface area contributed by atoms with Gasteiger partial charge in [-0.2, -0.15) is 0 Å². The molecule has 4 atom stereocenters. The number of methoxy groups -OCH3 is 1. The highest BCUT2D eigenvalue weighted by Gasteiger charge is 2.71. The van der Waals surface area contributed by atoms with E-state index in [4.69, 9.17) is 27.9 Å². The van der Waals surface area contributed by atoms with Crippen LogP contribution in [0.1, 0.15) is 70.0 Å². The van der Waals surface area contributed by atoms with Crippen molar-refractivity contribution in [3.63, 3.8) is 0 Å². The summed E-state index contributed by atoms with van der Waals surface area (Å²) in [4.78, 5) is 66.1. The molecule has 1 saturated heterocycles. The maximum Gasteiger partial charge on any atom is 0.338 e. The van der Waals surface area contributed by atoms with E-state index in [1.54, 1.807) is 11.0 Å². The largest absolute Gasteiger partial charge is 0.465 e. The Labute approximate surface area is 284 Å². The zero-order chi connectivity index (χ0) is 33.9. The number of aryl methyl sites for hydroxylation is 1. The number of nitrogens with zero attached hydrogens (tertiary/aromatic N) is 3. The van der Waals surface area contributed by atoms with Crippen LogP contribution in [-0.2, 0) is 15.1 Å². The van der Waals surface area contributed by atoms with Crippen LogP contribution >= 0.6 is 23.2 Å². The van der Waals surface area contributed by atoms with Gasteiger partial charge < -0.3 is 10.1 Å². The van der Waals surface area contributed by atoms with Crippen LogP contribution in [0.5, 0.6) is 0 Å². The monoisotopic (exact) mass is 700 g/mol. The van der Waals surface area contributed by atoms with Crippen LogP contribution in [0, 0.1) is 38.9 Å². The fourth-order valence-electron chi connectivity index (χ4n) is 7.20. The summed E-state index contributed by atoms with van der Waals surface area (Å²) in [5.41, 5.74) is -2.40. The van der Waals surface area contributed by atoms with Gasteiger partial charge in [0.25, 0.3) is 11.6 Å². The number of hydrogen-bond acceptors (Lipinski definition) is 9. The van der Waals surface area contributed by atoms with Crippen molar-refractivity contribution in [2.75, 3.05) is 19.0 Å². The van der Waals surface area contributed by atoms with Gasteiger partial charge >= 0.3 is 5.97 Å². The Morgan fingerprint density at radius 1 is 1.10 bits per heavy atom. The fourth-order valence-corrected chi connectivity index (χ4v) is 7.56. The second-order valence-electron chi connectivity index (χ2n) is 12.0. The lowest BCUT2D eigenvalue weighted by Gasteiger charge is -2.38. The molecule has 252 valence electrons. The molecule has 1 unspecified atom stereocenters. The van der Waals surface area contributed by atoms with Crippen molar-refractivity contribution in [2.45, 2.75) is 57.2 Å². The number of nitro groups is 2. The molecule has 0 bridgehead atoms. The molecule has 0 aromatic heterocycles. The number of benzene rings is 3. The van der Waals surface area contributed by atoms with Gasteiger partial charge in [0, 0.05) is 45.8 Å². The molecule has 2 fully saturated rings. The minimum atomic E-state index is -1.87. The minimum absolute atomic E-state index is 0. The molecule has 3 aromatic carbocycles. The molecule has 12 nitrogen and oxygen atoms in total. The van der Waals surface area contributed by atoms with Crippen molar-refractivity contribution in [1.82, 2.24) is 4.90 Å². The summed E-state index contributed by atoms with van der Waals surface area (Å²) >= 11 is 12.4. The van der Waals surface area contributed by atoms with Crippen LogP contribution in [0.25, 0.3) is 0 Å². The summed E-state index contributed by atoms with van der Waals surface area (Å²) in [5.74, 6) is -4.72. The Hall–Kier alpha value is -4.46. The van der Waals surface area contributed by atoms with Crippen molar-refractivity contribution in [3.8, 4) is 0 Å². The number of nitro benzene ring substituents is 1. The van der Waals surface area contributed by atoms with Crippen LogP contribution in [0.3, 0.4) is 0 Å². The van der Waals surface area contributed by atoms with Crippen molar-refractivity contribution < 1.29 is 33.4 Å². The first-order valence-corrected chi connectivity index (χ1v) is 15.4. The lowest BCUT2D eigenvalue weighted by Crippen LogP contribution is -2.53. The highest BCUT2D eigenvalue weighted by molar-refractivity contribution is 6.31. The number of likely N-dealkylation sites (tertiary alicyclic amines) is 1. The van der Waals surface area contributed by atoms with E-state index >= 15 is 4.39 Å². The van der Waals surface area contributed by atoms with Gasteiger partial charge in [0.15, 0.2) is 5.78 Å². The van der Waals surface area contributed by atoms with E-state index in [2.05, 4.69) is 5.32 Å². The molecule has 15 heteroatoms. The molecule has 0 radical (unpaired) electrons. The van der Waals surface area contributed by atoms with E-state index in [9.17, 15) is 34.6 Å². The van der Waals surface area contributed by atoms with Crippen LogP contribution in [-0.4, -0.2) is 58.1 Å². The van der Waals surface area contributed by atoms with Gasteiger partial charge in [0.1, 0.15) is 11.4 Å². The molecule has 6 rings (SSSR count). The van der Waals surface area contributed by atoms with Crippen LogP contribution in [0.4, 0.5) is 15.8 Å². The predicted octanol–water partition coefficient (Wildman–Crippen LogP) is 6.72. The predicted molar refractivity (Wildman–Crippen MR) is 175 cm³/mol. The first kappa shape index (κ1) is 34.9. The molecule has 2 aliphatic heterocycles. The average molecular weight is 702 g/mol. The van der Waals surface area contributed by atoms with Crippen molar-refractivity contribution in [1.29, 1.82) is 0 Å². The molecule has 48 heavy (non-hydrogen) atoms. The number of halogens is 3. The third-order valence-electron chi connectivity index (χ3n) is 9.38. The van der Waals surface area contributed by atoms with E-state index in [1.807, 2.05) is 0 Å². The van der Waals surface area contributed by atoms with Gasteiger partial charge in [-0.25, -0.2) is 9.18 Å². The lowest BCUT2D eigenvalue weighted by atomic mass is 9.73. The molecule has 1 aliphatic carbocycles. The molecule has 1 saturated carbocycles. The van der Waals surface area contributed by atoms with Gasteiger partial charge in [-0.05, 0) is 55.5 Å². The number of anilines is 1. The van der Waals surface area contributed by atoms with E-state index in [0.717, 1.165) is 26.0 Å². The first-order valence-electron chi connectivity index (χ1n) is 14.7. The Morgan fingerprint density at radius 3 is 2.44 bits per heavy atom. The third-order valence-corrected chi connectivity index (χ3v) is 9.90. The molecule has 1 N–H and O–H groups in total. The Kier molecular flexibility index (Phi) is 9.34. The van der Waals surface area contributed by atoms with E-state index in [0.29, 0.717) is 5.56 Å². The number of carbonyl (C=O) groups is 3. The van der Waals surface area contributed by atoms with E-state index in [1.165, 1.54) is 43.3 Å². The van der Waals surface area contributed by atoms with Gasteiger partial charge in [-0.15, -0.1) is 0 Å². The Balaban J connectivity index is 0.00000451. The lowest BCUT2D eigenvalue weighted by molar-refractivity contribution is -0.528. The number of nitrogens with one attached hydrogen (secondary N) is 1. The molecule has 2 heterocycles. The zero-order valence-electron chi connectivity index (χ0n) is 25.0. The van der Waals surface area contributed by atoms with Crippen LogP contribution < -0.4 is 5.32 Å². The first-order chi connectivity index (χ1) is 22.3. The zero-order valence-corrected chi connectivity index (χ0v) is 26.5. The quantitative estimate of drug-likeness (QED) is 0.111. The average Bonchev–Trinajstić information content (AvgIpc) is 3.74. The number of rotatable bonds is 9. The summed E-state index contributed by atoms with van der Waals surface area (Å²) in [5, 5.41) is 28.0. The number of fused-ring (bicyclic) bond motifs is 2. The van der Waals surface area contributed by atoms with Crippen molar-refractivity contribution in [2.24, 2.45) is 5.92 Å². The van der Waals surface area contributed by atoms with Crippen LogP contribution in [0.2, 0.25) is 10.0 Å². The highest BCUT2D eigenvalue weighted by atomic mass is 35.5. The number of ketones is 1. The molecule has 3 aromatic rings. The van der Waals surface area contributed by atoms with Gasteiger partial charge in [0.2, 0.25) is 6.04 Å². The molecule has 1 amide bonds. The number of Topliss-reactive ketones (excluding diaryl/α,β-unsaturated/α-hetero) is 1. The Bertz CT molecular complexity index is 1890. The smallest absolute Gasteiger partial charge is 0.338 e. The normalized spacial score (nSPS) is 22.9. The Morgan fingerprint density at radius 2 is 1.81 bits per heavy atom. The molecular weight excluding hydrogens is 670 g/mol. The van der Waals surface area contributed by atoms with Crippen molar-refractivity contribution in [3.05, 3.63) is 112 Å². The highest BCUT2D eigenvalue weighted by Crippen LogP contribution is 2.60. The number of carbonyl (C=O) groups excluding carboxylic acids is 3. The summed E-state index contributed by atoms with van der Waals surface area (Å²) in [7, 11) is 1.11.